The molecule has 0 rings (SSSR count). The molecule has 0 aromatic rings. The Labute approximate surface area is 140 Å². The minimum Gasteiger partial charge on any atom is -0.468 e. The molecule has 0 fully saturated rings. The molecule has 0 unspecified atom stereocenters. The number of carbonyl (C=O) groups is 4. The lowest BCUT2D eigenvalue weighted by Crippen LogP contribution is -2.54. The number of hydrogen-bond acceptors (Lipinski definition) is 7. The molecular formula is C15H26N2O7. The minimum atomic E-state index is -1.44. The second kappa shape index (κ2) is 9.86. The summed E-state index contributed by atoms with van der Waals surface area (Å²) in [6.45, 7) is 5.01. The minimum absolute atomic E-state index is 0.0492. The summed E-state index contributed by atoms with van der Waals surface area (Å²) >= 11 is 0. The van der Waals surface area contributed by atoms with Crippen LogP contribution in [0.4, 0.5) is 0 Å². The average molecular weight is 346 g/mol. The summed E-state index contributed by atoms with van der Waals surface area (Å²) in [5.74, 6) is -6.03. The van der Waals surface area contributed by atoms with Gasteiger partial charge in [-0.1, -0.05) is 20.8 Å². The van der Waals surface area contributed by atoms with Gasteiger partial charge in [-0.3, -0.25) is 19.2 Å². The molecule has 2 amide bonds. The van der Waals surface area contributed by atoms with E-state index in [1.54, 1.807) is 0 Å². The first-order chi connectivity index (χ1) is 11.1. The van der Waals surface area contributed by atoms with Gasteiger partial charge in [0.1, 0.15) is 12.1 Å². The maximum Gasteiger partial charge on any atom is 0.320 e. The number of amides is 2. The van der Waals surface area contributed by atoms with Crippen LogP contribution < -0.4 is 11.1 Å². The van der Waals surface area contributed by atoms with E-state index in [0.717, 1.165) is 14.2 Å². The molecule has 0 aromatic carbocycles. The Morgan fingerprint density at radius 1 is 1.04 bits per heavy atom. The maximum absolute atomic E-state index is 12.0. The van der Waals surface area contributed by atoms with E-state index < -0.39 is 47.7 Å². The van der Waals surface area contributed by atoms with Gasteiger partial charge < -0.3 is 25.6 Å². The fourth-order valence-electron chi connectivity index (χ4n) is 2.24. The van der Waals surface area contributed by atoms with Gasteiger partial charge in [-0.15, -0.1) is 0 Å². The molecule has 4 N–H and O–H groups in total. The van der Waals surface area contributed by atoms with Gasteiger partial charge in [0.25, 0.3) is 0 Å². The number of nitrogens with two attached hydrogens (primary N) is 1. The molecule has 0 radical (unpaired) electrons. The van der Waals surface area contributed by atoms with Crippen molar-refractivity contribution in [2.75, 3.05) is 14.2 Å². The molecule has 0 spiro atoms. The SMILES string of the molecule is COC(=O)C(C(=O)OC)[C@H](C)[C@H](NC(=O)[C@@H](O)CC(C)C)C(N)=O. The predicted octanol–water partition coefficient (Wildman–Crippen LogP) is -1.04. The van der Waals surface area contributed by atoms with Crippen molar-refractivity contribution in [3.05, 3.63) is 0 Å². The standard InChI is InChI=1S/C15H26N2O7/c1-7(2)6-9(18)13(20)17-11(12(16)19)8(3)10(14(21)23-4)15(22)24-5/h7-11,18H,6H2,1-5H3,(H2,16,19)(H,17,20)/t8-,9-,11-/m0/s1. The summed E-state index contributed by atoms with van der Waals surface area (Å²) in [5.41, 5.74) is 5.27. The summed E-state index contributed by atoms with van der Waals surface area (Å²) in [5, 5.41) is 12.1. The van der Waals surface area contributed by atoms with Crippen molar-refractivity contribution >= 4 is 23.8 Å². The smallest absolute Gasteiger partial charge is 0.320 e. The highest BCUT2D eigenvalue weighted by Gasteiger charge is 2.41. The third-order valence-corrected chi connectivity index (χ3v) is 3.56. The Kier molecular flexibility index (Phi) is 8.97. The topological polar surface area (TPSA) is 145 Å². The van der Waals surface area contributed by atoms with Crippen LogP contribution >= 0.6 is 0 Å². The fourth-order valence-corrected chi connectivity index (χ4v) is 2.24. The molecule has 24 heavy (non-hydrogen) atoms. The van der Waals surface area contributed by atoms with E-state index in [9.17, 15) is 24.3 Å². The lowest BCUT2D eigenvalue weighted by molar-refractivity contribution is -0.162. The molecule has 0 aliphatic rings. The first-order valence-electron chi connectivity index (χ1n) is 7.50. The second-order valence-corrected chi connectivity index (χ2v) is 5.92. The second-order valence-electron chi connectivity index (χ2n) is 5.92. The predicted molar refractivity (Wildman–Crippen MR) is 83.3 cm³/mol. The Bertz CT molecular complexity index is 462. The van der Waals surface area contributed by atoms with Crippen molar-refractivity contribution in [3.63, 3.8) is 0 Å². The van der Waals surface area contributed by atoms with E-state index in [4.69, 9.17) is 5.73 Å². The lowest BCUT2D eigenvalue weighted by Gasteiger charge is -2.27. The van der Waals surface area contributed by atoms with Crippen molar-refractivity contribution in [3.8, 4) is 0 Å². The van der Waals surface area contributed by atoms with Gasteiger partial charge in [-0.25, -0.2) is 0 Å². The van der Waals surface area contributed by atoms with Crippen LogP contribution in [-0.2, 0) is 28.7 Å². The van der Waals surface area contributed by atoms with E-state index in [0.29, 0.717) is 0 Å². The van der Waals surface area contributed by atoms with Crippen LogP contribution in [0.3, 0.4) is 0 Å². The van der Waals surface area contributed by atoms with Crippen molar-refractivity contribution in [2.24, 2.45) is 23.5 Å². The molecule has 9 heteroatoms. The van der Waals surface area contributed by atoms with Crippen molar-refractivity contribution < 1.29 is 33.8 Å². The number of rotatable bonds is 9. The van der Waals surface area contributed by atoms with Crippen LogP contribution in [0.15, 0.2) is 0 Å². The number of methoxy groups -OCH3 is 2. The van der Waals surface area contributed by atoms with Gasteiger partial charge in [-0.2, -0.15) is 0 Å². The molecule has 9 nitrogen and oxygen atoms in total. The number of nitrogens with one attached hydrogen (secondary N) is 1. The summed E-state index contributed by atoms with van der Waals surface area (Å²) < 4.78 is 9.07. The molecule has 0 heterocycles. The van der Waals surface area contributed by atoms with Crippen molar-refractivity contribution in [1.29, 1.82) is 0 Å². The van der Waals surface area contributed by atoms with Gasteiger partial charge >= 0.3 is 11.9 Å². The van der Waals surface area contributed by atoms with E-state index >= 15 is 0 Å². The highest BCUT2D eigenvalue weighted by atomic mass is 16.5. The van der Waals surface area contributed by atoms with Crippen LogP contribution in [0.5, 0.6) is 0 Å². The molecule has 0 saturated heterocycles. The van der Waals surface area contributed by atoms with E-state index in [2.05, 4.69) is 14.8 Å². The van der Waals surface area contributed by atoms with Gasteiger partial charge in [0, 0.05) is 5.92 Å². The highest BCUT2D eigenvalue weighted by molar-refractivity contribution is 5.97. The van der Waals surface area contributed by atoms with Crippen molar-refractivity contribution in [1.82, 2.24) is 5.32 Å². The third-order valence-electron chi connectivity index (χ3n) is 3.56. The molecular weight excluding hydrogens is 320 g/mol. The Balaban J connectivity index is 5.34. The number of hydrogen-bond donors (Lipinski definition) is 3. The number of aliphatic hydroxyl groups is 1. The fraction of sp³-hybridized carbons (Fsp3) is 0.733. The largest absolute Gasteiger partial charge is 0.468 e. The Morgan fingerprint density at radius 3 is 1.83 bits per heavy atom. The van der Waals surface area contributed by atoms with Crippen LogP contribution in [0.1, 0.15) is 27.2 Å². The maximum atomic E-state index is 12.0. The lowest BCUT2D eigenvalue weighted by atomic mass is 9.86. The zero-order chi connectivity index (χ0) is 19.0. The quantitative estimate of drug-likeness (QED) is 0.357. The van der Waals surface area contributed by atoms with Crippen molar-refractivity contribution in [2.45, 2.75) is 39.3 Å². The van der Waals surface area contributed by atoms with Gasteiger partial charge in [0.05, 0.1) is 14.2 Å². The summed E-state index contributed by atoms with van der Waals surface area (Å²) in [4.78, 5) is 47.3. The van der Waals surface area contributed by atoms with Crippen LogP contribution in [0.2, 0.25) is 0 Å². The normalized spacial score (nSPS) is 14.7. The molecule has 0 aromatic heterocycles. The molecule has 138 valence electrons. The average Bonchev–Trinajstić information content (AvgIpc) is 2.50. The zero-order valence-electron chi connectivity index (χ0n) is 14.6. The Hall–Kier alpha value is -2.16. The zero-order valence-corrected chi connectivity index (χ0v) is 14.6. The van der Waals surface area contributed by atoms with Gasteiger partial charge in [-0.05, 0) is 12.3 Å². The number of ether oxygens (including phenoxy) is 2. The summed E-state index contributed by atoms with van der Waals surface area (Å²) in [6.07, 6.45) is -1.16. The highest BCUT2D eigenvalue weighted by Crippen LogP contribution is 2.20. The monoisotopic (exact) mass is 346 g/mol. The molecule has 0 aliphatic carbocycles. The van der Waals surface area contributed by atoms with Gasteiger partial charge in [0.2, 0.25) is 11.8 Å². The van der Waals surface area contributed by atoms with E-state index in [1.165, 1.54) is 6.92 Å². The first kappa shape index (κ1) is 21.8. The first-order valence-corrected chi connectivity index (χ1v) is 7.50. The number of primary amides is 1. The van der Waals surface area contributed by atoms with E-state index in [1.807, 2.05) is 13.8 Å². The molecule has 0 bridgehead atoms. The molecule has 0 saturated carbocycles. The third kappa shape index (κ3) is 6.15. The molecule has 0 aliphatic heterocycles. The summed E-state index contributed by atoms with van der Waals surface area (Å²) in [6, 6.07) is -1.36. The van der Waals surface area contributed by atoms with E-state index in [-0.39, 0.29) is 12.3 Å². The van der Waals surface area contributed by atoms with Crippen LogP contribution in [0.25, 0.3) is 0 Å². The Morgan fingerprint density at radius 2 is 1.50 bits per heavy atom. The van der Waals surface area contributed by atoms with Crippen LogP contribution in [0, 0.1) is 17.8 Å². The summed E-state index contributed by atoms with van der Waals surface area (Å²) in [7, 11) is 2.16. The molecule has 3 atom stereocenters. The van der Waals surface area contributed by atoms with Gasteiger partial charge in [0.15, 0.2) is 5.92 Å². The number of aliphatic hydroxyl groups excluding tert-OH is 1. The number of carbonyl (C=O) groups excluding carboxylic acids is 4. The number of esters is 2. The van der Waals surface area contributed by atoms with Crippen LogP contribution in [-0.4, -0.2) is 55.2 Å².